The summed E-state index contributed by atoms with van der Waals surface area (Å²) in [6.45, 7) is 8.49. The number of aliphatic imine (C=N–C) groups is 1. The SMILES string of the molecule is CN=C(NCCc1ccc(OCC(N)=O)cc1)NCC(C)(C)N1CCCCC1.I. The Morgan fingerprint density at radius 1 is 1.17 bits per heavy atom. The van der Waals surface area contributed by atoms with Crippen LogP contribution in [-0.2, 0) is 11.2 Å². The molecule has 1 amide bonds. The lowest BCUT2D eigenvalue weighted by atomic mass is 9.98. The first kappa shape index (κ1) is 25.5. The number of piperidine rings is 1. The number of guanidine groups is 1. The zero-order chi connectivity index (χ0) is 20.4. The van der Waals surface area contributed by atoms with Gasteiger partial charge in [-0.05, 0) is 63.9 Å². The predicted octanol–water partition coefficient (Wildman–Crippen LogP) is 2.14. The maximum absolute atomic E-state index is 10.7. The molecule has 0 spiro atoms. The average Bonchev–Trinajstić information content (AvgIpc) is 2.70. The first-order chi connectivity index (χ1) is 13.4. The van der Waals surface area contributed by atoms with Gasteiger partial charge in [-0.3, -0.25) is 14.7 Å². The fraction of sp³-hybridized carbons (Fsp3) is 0.619. The van der Waals surface area contributed by atoms with Gasteiger partial charge >= 0.3 is 0 Å². The maximum Gasteiger partial charge on any atom is 0.255 e. The number of ether oxygens (including phenoxy) is 1. The molecule has 2 rings (SSSR count). The van der Waals surface area contributed by atoms with Gasteiger partial charge in [-0.1, -0.05) is 18.6 Å². The first-order valence-corrected chi connectivity index (χ1v) is 10.1. The number of halogens is 1. The summed E-state index contributed by atoms with van der Waals surface area (Å²) in [5.74, 6) is 0.995. The summed E-state index contributed by atoms with van der Waals surface area (Å²) in [5.41, 5.74) is 6.37. The Balaban J connectivity index is 0.00000420. The van der Waals surface area contributed by atoms with Crippen LogP contribution in [0.2, 0.25) is 0 Å². The van der Waals surface area contributed by atoms with Crippen LogP contribution in [0, 0.1) is 0 Å². The summed E-state index contributed by atoms with van der Waals surface area (Å²) in [6.07, 6.45) is 4.80. The molecule has 29 heavy (non-hydrogen) atoms. The van der Waals surface area contributed by atoms with Crippen molar-refractivity contribution in [3.05, 3.63) is 29.8 Å². The Labute approximate surface area is 191 Å². The van der Waals surface area contributed by atoms with Crippen molar-refractivity contribution in [2.45, 2.75) is 45.1 Å². The van der Waals surface area contributed by atoms with Crippen LogP contribution < -0.4 is 21.1 Å². The molecule has 0 saturated carbocycles. The third kappa shape index (κ3) is 9.20. The van der Waals surface area contributed by atoms with Gasteiger partial charge in [0.2, 0.25) is 0 Å². The molecule has 1 aliphatic rings. The van der Waals surface area contributed by atoms with Crippen LogP contribution in [0.3, 0.4) is 0 Å². The molecule has 0 unspecified atom stereocenters. The number of nitrogens with zero attached hydrogens (tertiary/aromatic N) is 2. The van der Waals surface area contributed by atoms with Gasteiger partial charge in [-0.15, -0.1) is 24.0 Å². The molecular weight excluding hydrogens is 481 g/mol. The third-order valence-electron chi connectivity index (χ3n) is 5.13. The van der Waals surface area contributed by atoms with Crippen molar-refractivity contribution in [3.8, 4) is 5.75 Å². The lowest BCUT2D eigenvalue weighted by molar-refractivity contribution is -0.119. The number of amides is 1. The minimum absolute atomic E-state index is 0. The van der Waals surface area contributed by atoms with Crippen molar-refractivity contribution < 1.29 is 9.53 Å². The van der Waals surface area contributed by atoms with Crippen molar-refractivity contribution in [2.75, 3.05) is 39.8 Å². The van der Waals surface area contributed by atoms with Gasteiger partial charge in [0.15, 0.2) is 12.6 Å². The lowest BCUT2D eigenvalue weighted by Gasteiger charge is -2.41. The first-order valence-electron chi connectivity index (χ1n) is 10.1. The molecule has 1 heterocycles. The molecule has 0 radical (unpaired) electrons. The number of hydrogen-bond donors (Lipinski definition) is 3. The van der Waals surface area contributed by atoms with E-state index >= 15 is 0 Å². The number of likely N-dealkylation sites (tertiary alicyclic amines) is 1. The number of hydrogen-bond acceptors (Lipinski definition) is 4. The average molecular weight is 517 g/mol. The fourth-order valence-electron chi connectivity index (χ4n) is 3.36. The molecule has 4 N–H and O–H groups in total. The molecule has 1 aromatic carbocycles. The van der Waals surface area contributed by atoms with Crippen LogP contribution in [0.15, 0.2) is 29.3 Å². The van der Waals surface area contributed by atoms with Crippen LogP contribution in [0.5, 0.6) is 5.75 Å². The Morgan fingerprint density at radius 2 is 1.83 bits per heavy atom. The van der Waals surface area contributed by atoms with Gasteiger partial charge in [-0.2, -0.15) is 0 Å². The van der Waals surface area contributed by atoms with Crippen molar-refractivity contribution in [1.29, 1.82) is 0 Å². The highest BCUT2D eigenvalue weighted by Gasteiger charge is 2.27. The molecule has 1 fully saturated rings. The van der Waals surface area contributed by atoms with Crippen LogP contribution in [0.1, 0.15) is 38.7 Å². The second-order valence-corrected chi connectivity index (χ2v) is 7.86. The molecule has 0 aliphatic carbocycles. The summed E-state index contributed by atoms with van der Waals surface area (Å²) in [4.78, 5) is 17.7. The molecule has 1 aromatic rings. The molecule has 1 saturated heterocycles. The van der Waals surface area contributed by atoms with E-state index in [9.17, 15) is 4.79 Å². The number of nitrogens with one attached hydrogen (secondary N) is 2. The summed E-state index contributed by atoms with van der Waals surface area (Å²) < 4.78 is 5.27. The minimum Gasteiger partial charge on any atom is -0.484 e. The quantitative estimate of drug-likeness (QED) is 0.265. The topological polar surface area (TPSA) is 92.0 Å². The van der Waals surface area contributed by atoms with Crippen LogP contribution >= 0.6 is 24.0 Å². The second-order valence-electron chi connectivity index (χ2n) is 7.86. The molecule has 8 heteroatoms. The van der Waals surface area contributed by atoms with Gasteiger partial charge in [-0.25, -0.2) is 0 Å². The van der Waals surface area contributed by atoms with Crippen LogP contribution in [0.4, 0.5) is 0 Å². The number of rotatable bonds is 9. The highest BCUT2D eigenvalue weighted by Crippen LogP contribution is 2.19. The predicted molar refractivity (Wildman–Crippen MR) is 129 cm³/mol. The minimum atomic E-state index is -0.476. The Morgan fingerprint density at radius 3 is 2.41 bits per heavy atom. The van der Waals surface area contributed by atoms with E-state index in [-0.39, 0.29) is 36.1 Å². The third-order valence-corrected chi connectivity index (χ3v) is 5.13. The number of carbonyl (C=O) groups excluding carboxylic acids is 1. The van der Waals surface area contributed by atoms with E-state index in [0.717, 1.165) is 25.5 Å². The molecular formula is C21H36IN5O2. The molecule has 0 atom stereocenters. The van der Waals surface area contributed by atoms with Gasteiger partial charge in [0.05, 0.1) is 0 Å². The number of nitrogens with two attached hydrogens (primary N) is 1. The van der Waals surface area contributed by atoms with Crippen molar-refractivity contribution in [2.24, 2.45) is 10.7 Å². The molecule has 1 aliphatic heterocycles. The molecule has 0 bridgehead atoms. The van der Waals surface area contributed by atoms with E-state index < -0.39 is 5.91 Å². The number of carbonyl (C=O) groups is 1. The van der Waals surface area contributed by atoms with E-state index in [1.807, 2.05) is 24.3 Å². The van der Waals surface area contributed by atoms with E-state index in [0.29, 0.717) is 5.75 Å². The summed E-state index contributed by atoms with van der Waals surface area (Å²) in [6, 6.07) is 7.69. The monoisotopic (exact) mass is 517 g/mol. The second kappa shape index (κ2) is 12.9. The Bertz CT molecular complexity index is 643. The standard InChI is InChI=1S/C21H35N5O2.HI/c1-21(2,26-13-5-4-6-14-26)16-25-20(23-3)24-12-11-17-7-9-18(10-8-17)28-15-19(22)27;/h7-10H,4-6,11-16H2,1-3H3,(H2,22,27)(H2,23,24,25);1H. The van der Waals surface area contributed by atoms with Crippen LogP contribution in [-0.4, -0.2) is 62.1 Å². The molecule has 164 valence electrons. The van der Waals surface area contributed by atoms with E-state index in [4.69, 9.17) is 10.5 Å². The van der Waals surface area contributed by atoms with Crippen molar-refractivity contribution in [1.82, 2.24) is 15.5 Å². The van der Waals surface area contributed by atoms with E-state index in [1.54, 1.807) is 7.05 Å². The Kier molecular flexibility index (Phi) is 11.3. The lowest BCUT2D eigenvalue weighted by Crippen LogP contribution is -2.55. The van der Waals surface area contributed by atoms with Gasteiger partial charge < -0.3 is 21.1 Å². The normalized spacial score (nSPS) is 15.3. The zero-order valence-electron chi connectivity index (χ0n) is 17.9. The highest BCUT2D eigenvalue weighted by atomic mass is 127. The number of primary amides is 1. The molecule has 0 aromatic heterocycles. The summed E-state index contributed by atoms with van der Waals surface area (Å²) in [5, 5.41) is 6.84. The fourth-order valence-corrected chi connectivity index (χ4v) is 3.36. The highest BCUT2D eigenvalue weighted by molar-refractivity contribution is 14.0. The zero-order valence-corrected chi connectivity index (χ0v) is 20.2. The van der Waals surface area contributed by atoms with E-state index in [1.165, 1.54) is 37.9 Å². The van der Waals surface area contributed by atoms with Crippen LogP contribution in [0.25, 0.3) is 0 Å². The summed E-state index contributed by atoms with van der Waals surface area (Å²) >= 11 is 0. The van der Waals surface area contributed by atoms with Gasteiger partial charge in [0.1, 0.15) is 5.75 Å². The molecule has 7 nitrogen and oxygen atoms in total. The van der Waals surface area contributed by atoms with Crippen molar-refractivity contribution >= 4 is 35.8 Å². The maximum atomic E-state index is 10.7. The largest absolute Gasteiger partial charge is 0.484 e. The summed E-state index contributed by atoms with van der Waals surface area (Å²) in [7, 11) is 1.80. The smallest absolute Gasteiger partial charge is 0.255 e. The van der Waals surface area contributed by atoms with E-state index in [2.05, 4.69) is 34.4 Å². The van der Waals surface area contributed by atoms with Gasteiger partial charge in [0.25, 0.3) is 5.91 Å². The van der Waals surface area contributed by atoms with Crippen molar-refractivity contribution in [3.63, 3.8) is 0 Å². The number of benzene rings is 1. The van der Waals surface area contributed by atoms with Gasteiger partial charge in [0, 0.05) is 25.7 Å². The Hall–Kier alpha value is -1.55.